The van der Waals surface area contributed by atoms with E-state index in [1.54, 1.807) is 0 Å². The van der Waals surface area contributed by atoms with Gasteiger partial charge in [-0.3, -0.25) is 4.79 Å². The highest BCUT2D eigenvalue weighted by molar-refractivity contribution is 5.94. The first kappa shape index (κ1) is 18.9. The molecule has 0 saturated carbocycles. The Balaban J connectivity index is 1.74. The van der Waals surface area contributed by atoms with Crippen molar-refractivity contribution in [2.45, 2.75) is 25.1 Å². The van der Waals surface area contributed by atoms with Crippen LogP contribution in [0.15, 0.2) is 48.5 Å². The summed E-state index contributed by atoms with van der Waals surface area (Å²) in [5.74, 6) is -2.12. The van der Waals surface area contributed by atoms with E-state index in [0.717, 1.165) is 16.5 Å². The van der Waals surface area contributed by atoms with Gasteiger partial charge in [0.15, 0.2) is 0 Å². The summed E-state index contributed by atoms with van der Waals surface area (Å²) >= 11 is 0. The molecule has 0 spiro atoms. The maximum Gasteiger partial charge on any atom is 0.419 e. The van der Waals surface area contributed by atoms with Gasteiger partial charge in [0.2, 0.25) is 5.91 Å². The molecule has 2 aromatic rings. The monoisotopic (exact) mass is 381 g/mol. The van der Waals surface area contributed by atoms with E-state index in [1.807, 2.05) is 30.3 Å². The van der Waals surface area contributed by atoms with Crippen molar-refractivity contribution in [1.82, 2.24) is 4.90 Å². The van der Waals surface area contributed by atoms with Crippen LogP contribution in [0.25, 0.3) is 0 Å². The summed E-state index contributed by atoms with van der Waals surface area (Å²) in [6.07, 6.45) is -5.64. The molecule has 0 unspecified atom stereocenters. The van der Waals surface area contributed by atoms with Crippen LogP contribution in [0.1, 0.15) is 16.7 Å². The van der Waals surface area contributed by atoms with E-state index < -0.39 is 42.0 Å². The topological polar surface area (TPSA) is 46.6 Å². The van der Waals surface area contributed by atoms with Gasteiger partial charge in [-0.25, -0.2) is 14.1 Å². The van der Waals surface area contributed by atoms with Gasteiger partial charge in [-0.1, -0.05) is 36.4 Å². The molecule has 1 fully saturated rings. The van der Waals surface area contributed by atoms with Crippen LogP contribution in [0.5, 0.6) is 0 Å². The molecule has 0 aliphatic carbocycles. The van der Waals surface area contributed by atoms with Crippen molar-refractivity contribution >= 4 is 12.0 Å². The Kier molecular flexibility index (Phi) is 5.16. The quantitative estimate of drug-likeness (QED) is 0.753. The Morgan fingerprint density at radius 2 is 1.81 bits per heavy atom. The molecule has 4 nitrogen and oxygen atoms in total. The van der Waals surface area contributed by atoms with Gasteiger partial charge < -0.3 is 4.74 Å². The van der Waals surface area contributed by atoms with Gasteiger partial charge in [0, 0.05) is 0 Å². The van der Waals surface area contributed by atoms with Gasteiger partial charge in [-0.05, 0) is 29.7 Å². The minimum atomic E-state index is -4.81. The predicted octanol–water partition coefficient (Wildman–Crippen LogP) is 3.98. The van der Waals surface area contributed by atoms with Crippen LogP contribution in [0, 0.1) is 5.82 Å². The number of benzene rings is 2. The van der Waals surface area contributed by atoms with E-state index in [0.29, 0.717) is 18.6 Å². The van der Waals surface area contributed by atoms with Gasteiger partial charge in [0.1, 0.15) is 12.4 Å². The molecule has 1 heterocycles. The zero-order valence-corrected chi connectivity index (χ0v) is 14.0. The van der Waals surface area contributed by atoms with Crippen LogP contribution in [-0.4, -0.2) is 29.5 Å². The third kappa shape index (κ3) is 4.27. The van der Waals surface area contributed by atoms with Gasteiger partial charge in [0.05, 0.1) is 18.0 Å². The summed E-state index contributed by atoms with van der Waals surface area (Å²) in [6, 6.07) is 10.9. The molecule has 2 aromatic carbocycles. The van der Waals surface area contributed by atoms with E-state index in [1.165, 1.54) is 0 Å². The second kappa shape index (κ2) is 7.38. The van der Waals surface area contributed by atoms with Gasteiger partial charge in [-0.2, -0.15) is 13.2 Å². The first-order valence-electron chi connectivity index (χ1n) is 8.14. The number of carbonyl (C=O) groups is 2. The van der Waals surface area contributed by atoms with Crippen LogP contribution in [0.3, 0.4) is 0 Å². The highest BCUT2D eigenvalue weighted by Crippen LogP contribution is 2.31. The van der Waals surface area contributed by atoms with Gasteiger partial charge in [-0.15, -0.1) is 0 Å². The van der Waals surface area contributed by atoms with Crippen molar-refractivity contribution in [3.05, 3.63) is 71.0 Å². The average Bonchev–Trinajstić information content (AvgIpc) is 2.95. The third-order valence-corrected chi connectivity index (χ3v) is 4.24. The van der Waals surface area contributed by atoms with Crippen molar-refractivity contribution in [3.63, 3.8) is 0 Å². The molecular weight excluding hydrogens is 366 g/mol. The Morgan fingerprint density at radius 3 is 2.44 bits per heavy atom. The highest BCUT2D eigenvalue weighted by Gasteiger charge is 2.38. The highest BCUT2D eigenvalue weighted by atomic mass is 19.4. The summed E-state index contributed by atoms with van der Waals surface area (Å²) in [5, 5.41) is 0. The molecule has 8 heteroatoms. The zero-order valence-electron chi connectivity index (χ0n) is 14.0. The maximum absolute atomic E-state index is 13.7. The van der Waals surface area contributed by atoms with Crippen LogP contribution in [0.4, 0.5) is 22.4 Å². The molecule has 142 valence electrons. The lowest BCUT2D eigenvalue weighted by Crippen LogP contribution is -2.41. The fourth-order valence-corrected chi connectivity index (χ4v) is 2.96. The number of hydrogen-bond acceptors (Lipinski definition) is 3. The second-order valence-corrected chi connectivity index (χ2v) is 6.17. The minimum Gasteiger partial charge on any atom is -0.447 e. The Bertz CT molecular complexity index is 852. The second-order valence-electron chi connectivity index (χ2n) is 6.17. The number of hydrogen-bond donors (Lipinski definition) is 0. The van der Waals surface area contributed by atoms with Crippen molar-refractivity contribution < 1.29 is 31.9 Å². The Labute approximate surface area is 152 Å². The molecule has 3 rings (SSSR count). The summed E-state index contributed by atoms with van der Waals surface area (Å²) in [5.41, 5.74) is -0.455. The van der Waals surface area contributed by atoms with Crippen molar-refractivity contribution in [1.29, 1.82) is 0 Å². The molecule has 1 aliphatic rings. The number of amides is 2. The van der Waals surface area contributed by atoms with Crippen LogP contribution in [-0.2, 0) is 28.5 Å². The molecule has 0 aromatic heterocycles. The summed E-state index contributed by atoms with van der Waals surface area (Å²) in [6.45, 7) is 0.0286. The molecule has 1 saturated heterocycles. The lowest BCUT2D eigenvalue weighted by Gasteiger charge is -2.20. The van der Waals surface area contributed by atoms with Gasteiger partial charge in [0.25, 0.3) is 0 Å². The fraction of sp³-hybridized carbons (Fsp3) is 0.263. The standard InChI is InChI=1S/C19H15F4NO3/c20-16-9-13(6-7-15(16)19(21,22)23)10-17(25)24-14(11-27-18(24)26)8-12-4-2-1-3-5-12/h1-7,9,14H,8,10-11H2/t14-/m1/s1. The molecule has 0 radical (unpaired) electrons. The Hall–Kier alpha value is -2.90. The predicted molar refractivity (Wildman–Crippen MR) is 87.2 cm³/mol. The van der Waals surface area contributed by atoms with Crippen LogP contribution in [0.2, 0.25) is 0 Å². The number of carbonyl (C=O) groups excluding carboxylic acids is 2. The fourth-order valence-electron chi connectivity index (χ4n) is 2.96. The molecule has 27 heavy (non-hydrogen) atoms. The molecule has 1 atom stereocenters. The van der Waals surface area contributed by atoms with Crippen molar-refractivity contribution in [2.75, 3.05) is 6.61 Å². The normalized spacial score (nSPS) is 17.1. The zero-order chi connectivity index (χ0) is 19.6. The molecular formula is C19H15F4NO3. The summed E-state index contributed by atoms with van der Waals surface area (Å²) in [4.78, 5) is 25.4. The van der Waals surface area contributed by atoms with E-state index in [-0.39, 0.29) is 12.2 Å². The number of nitrogens with zero attached hydrogens (tertiary/aromatic N) is 1. The van der Waals surface area contributed by atoms with E-state index in [4.69, 9.17) is 4.74 Å². The number of imide groups is 1. The van der Waals surface area contributed by atoms with Crippen LogP contribution >= 0.6 is 0 Å². The molecule has 0 bridgehead atoms. The molecule has 0 N–H and O–H groups in total. The minimum absolute atomic E-state index is 0.0286. The molecule has 2 amide bonds. The third-order valence-electron chi connectivity index (χ3n) is 4.24. The molecule has 1 aliphatic heterocycles. The number of halogens is 4. The lowest BCUT2D eigenvalue weighted by molar-refractivity contribution is -0.140. The van der Waals surface area contributed by atoms with Crippen molar-refractivity contribution in [2.24, 2.45) is 0 Å². The number of ether oxygens (including phenoxy) is 1. The van der Waals surface area contributed by atoms with Crippen LogP contribution < -0.4 is 0 Å². The first-order valence-corrected chi connectivity index (χ1v) is 8.14. The van der Waals surface area contributed by atoms with Crippen molar-refractivity contribution in [3.8, 4) is 0 Å². The lowest BCUT2D eigenvalue weighted by atomic mass is 10.0. The summed E-state index contributed by atoms with van der Waals surface area (Å²) < 4.78 is 56.5. The number of alkyl halides is 3. The van der Waals surface area contributed by atoms with E-state index in [9.17, 15) is 27.2 Å². The van der Waals surface area contributed by atoms with E-state index >= 15 is 0 Å². The average molecular weight is 381 g/mol. The smallest absolute Gasteiger partial charge is 0.419 e. The first-order chi connectivity index (χ1) is 12.8. The summed E-state index contributed by atoms with van der Waals surface area (Å²) in [7, 11) is 0. The maximum atomic E-state index is 13.7. The SMILES string of the molecule is O=C(Cc1ccc(C(F)(F)F)c(F)c1)N1C(=O)OC[C@H]1Cc1ccccc1. The van der Waals surface area contributed by atoms with Gasteiger partial charge >= 0.3 is 12.3 Å². The van der Waals surface area contributed by atoms with E-state index in [2.05, 4.69) is 0 Å². The number of cyclic esters (lactones) is 1. The largest absolute Gasteiger partial charge is 0.447 e. The Morgan fingerprint density at radius 1 is 1.11 bits per heavy atom. The number of rotatable bonds is 4.